The molecule has 0 rings (SSSR count). The Morgan fingerprint density at radius 3 is 2.00 bits per heavy atom. The van der Waals surface area contributed by atoms with Gasteiger partial charge in [0.1, 0.15) is 0 Å². The second kappa shape index (κ2) is 5.56. The van der Waals surface area contributed by atoms with E-state index in [1.165, 1.54) is 10.1 Å². The zero-order chi connectivity index (χ0) is 8.85. The molecule has 2 heteroatoms. The van der Waals surface area contributed by atoms with Gasteiger partial charge < -0.3 is 0 Å². The molecule has 1 nitrogen and oxygen atoms in total. The first-order chi connectivity index (χ1) is 5.11. The van der Waals surface area contributed by atoms with E-state index in [0.717, 1.165) is 13.1 Å². The first kappa shape index (κ1) is 10.9. The SMILES string of the molecule is CCN(CC)C(=[Se])C=C(C)C. The summed E-state index contributed by atoms with van der Waals surface area (Å²) in [4.78, 5) is 2.30. The van der Waals surface area contributed by atoms with E-state index in [1.54, 1.807) is 0 Å². The van der Waals surface area contributed by atoms with Gasteiger partial charge in [-0.15, -0.1) is 0 Å². The molecule has 0 atom stereocenters. The van der Waals surface area contributed by atoms with Crippen LogP contribution in [0.1, 0.15) is 27.7 Å². The molecule has 0 aromatic heterocycles. The number of nitrogens with zero attached hydrogens (tertiary/aromatic N) is 1. The maximum absolute atomic E-state index is 3.08. The van der Waals surface area contributed by atoms with Crippen molar-refractivity contribution in [2.45, 2.75) is 27.7 Å². The topological polar surface area (TPSA) is 3.24 Å². The number of hydrogen-bond acceptors (Lipinski definition) is 1. The summed E-state index contributed by atoms with van der Waals surface area (Å²) >= 11 is 3.08. The summed E-state index contributed by atoms with van der Waals surface area (Å²) in [6, 6.07) is 0. The van der Waals surface area contributed by atoms with Gasteiger partial charge in [0.15, 0.2) is 0 Å². The Kier molecular flexibility index (Phi) is 5.53. The predicted octanol–water partition coefficient (Wildman–Crippen LogP) is 1.59. The number of rotatable bonds is 4. The Bertz CT molecular complexity index is 153. The van der Waals surface area contributed by atoms with E-state index in [0.29, 0.717) is 0 Å². The van der Waals surface area contributed by atoms with E-state index in [4.69, 9.17) is 0 Å². The molecule has 0 aromatic carbocycles. The summed E-state index contributed by atoms with van der Waals surface area (Å²) in [5, 5.41) is 0. The predicted molar refractivity (Wildman–Crippen MR) is 53.1 cm³/mol. The van der Waals surface area contributed by atoms with E-state index < -0.39 is 0 Å². The number of likely N-dealkylation sites (N-methyl/N-ethyl adjacent to an activating group) is 1. The van der Waals surface area contributed by atoms with Gasteiger partial charge in [-0.25, -0.2) is 0 Å². The zero-order valence-corrected chi connectivity index (χ0v) is 9.56. The number of allylic oxidation sites excluding steroid dienone is 1. The van der Waals surface area contributed by atoms with Crippen LogP contribution in [0.25, 0.3) is 0 Å². The second-order valence-corrected chi connectivity index (χ2v) is 3.61. The molecule has 0 radical (unpaired) electrons. The molecule has 0 heterocycles. The number of hydrogen-bond donors (Lipinski definition) is 0. The summed E-state index contributed by atoms with van der Waals surface area (Å²) in [5.41, 5.74) is 1.34. The molecule has 0 aromatic rings. The van der Waals surface area contributed by atoms with Gasteiger partial charge in [-0.05, 0) is 0 Å². The molecule has 0 unspecified atom stereocenters. The van der Waals surface area contributed by atoms with Crippen LogP contribution in [-0.4, -0.2) is 38.1 Å². The molecule has 0 amide bonds. The second-order valence-electron chi connectivity index (χ2n) is 2.73. The van der Waals surface area contributed by atoms with Crippen LogP contribution >= 0.6 is 0 Å². The molecule has 0 aliphatic heterocycles. The average Bonchev–Trinajstić information content (AvgIpc) is 1.88. The van der Waals surface area contributed by atoms with Gasteiger partial charge >= 0.3 is 77.5 Å². The Morgan fingerprint density at radius 1 is 1.27 bits per heavy atom. The van der Waals surface area contributed by atoms with Crippen molar-refractivity contribution in [3.05, 3.63) is 11.6 Å². The molecule has 0 aliphatic rings. The Labute approximate surface area is 77.8 Å². The van der Waals surface area contributed by atoms with Crippen molar-refractivity contribution < 1.29 is 0 Å². The van der Waals surface area contributed by atoms with Crippen molar-refractivity contribution in [3.8, 4) is 0 Å². The van der Waals surface area contributed by atoms with Crippen LogP contribution in [0, 0.1) is 0 Å². The molecule has 64 valence electrons. The maximum atomic E-state index is 3.08. The molecule has 0 N–H and O–H groups in total. The normalized spacial score (nSPS) is 9.09. The minimum absolute atomic E-state index is 1.07. The standard InChI is InChI=1S/C9H17NSe/c1-5-10(6-2)9(11)7-8(3)4/h7H,5-6H2,1-4H3. The van der Waals surface area contributed by atoms with Gasteiger partial charge in [-0.1, -0.05) is 0 Å². The van der Waals surface area contributed by atoms with Crippen LogP contribution in [0.15, 0.2) is 11.6 Å². The van der Waals surface area contributed by atoms with Crippen molar-refractivity contribution in [1.29, 1.82) is 0 Å². The van der Waals surface area contributed by atoms with Crippen LogP contribution < -0.4 is 0 Å². The van der Waals surface area contributed by atoms with Crippen LogP contribution in [0.3, 0.4) is 0 Å². The van der Waals surface area contributed by atoms with Gasteiger partial charge in [0.25, 0.3) is 0 Å². The van der Waals surface area contributed by atoms with E-state index in [9.17, 15) is 0 Å². The third-order valence-corrected chi connectivity index (χ3v) is 2.28. The van der Waals surface area contributed by atoms with E-state index in [1.807, 2.05) is 0 Å². The Balaban J connectivity index is 4.11. The monoisotopic (exact) mass is 219 g/mol. The first-order valence-corrected chi connectivity index (χ1v) is 4.91. The molecular formula is C9H17NSe. The molecule has 0 saturated carbocycles. The minimum atomic E-state index is 1.07. The van der Waals surface area contributed by atoms with Crippen molar-refractivity contribution in [3.63, 3.8) is 0 Å². The third kappa shape index (κ3) is 4.39. The van der Waals surface area contributed by atoms with E-state index in [2.05, 4.69) is 54.2 Å². The van der Waals surface area contributed by atoms with Crippen molar-refractivity contribution in [1.82, 2.24) is 4.90 Å². The van der Waals surface area contributed by atoms with Crippen molar-refractivity contribution in [2.24, 2.45) is 0 Å². The van der Waals surface area contributed by atoms with E-state index in [-0.39, 0.29) is 0 Å². The van der Waals surface area contributed by atoms with Gasteiger partial charge in [0.05, 0.1) is 0 Å². The van der Waals surface area contributed by atoms with Crippen molar-refractivity contribution >= 4 is 20.1 Å². The zero-order valence-electron chi connectivity index (χ0n) is 7.85. The van der Waals surface area contributed by atoms with Gasteiger partial charge in [0, 0.05) is 0 Å². The van der Waals surface area contributed by atoms with E-state index >= 15 is 0 Å². The molecule has 0 spiro atoms. The van der Waals surface area contributed by atoms with Crippen LogP contribution in [0.2, 0.25) is 0 Å². The first-order valence-electron chi connectivity index (χ1n) is 4.05. The van der Waals surface area contributed by atoms with Crippen LogP contribution in [0.4, 0.5) is 0 Å². The Morgan fingerprint density at radius 2 is 1.73 bits per heavy atom. The summed E-state index contributed by atoms with van der Waals surface area (Å²) in [7, 11) is 0. The molecular weight excluding hydrogens is 201 g/mol. The van der Waals surface area contributed by atoms with Crippen LogP contribution in [0.5, 0.6) is 0 Å². The Hall–Kier alpha value is -0.0705. The van der Waals surface area contributed by atoms with Gasteiger partial charge in [-0.2, -0.15) is 0 Å². The molecule has 0 fully saturated rings. The quantitative estimate of drug-likeness (QED) is 0.648. The molecule has 0 bridgehead atoms. The third-order valence-electron chi connectivity index (χ3n) is 1.49. The fourth-order valence-corrected chi connectivity index (χ4v) is 1.91. The average molecular weight is 218 g/mol. The summed E-state index contributed by atoms with van der Waals surface area (Å²) in [5.74, 6) is 0. The molecule has 11 heavy (non-hydrogen) atoms. The van der Waals surface area contributed by atoms with Crippen molar-refractivity contribution in [2.75, 3.05) is 13.1 Å². The molecule has 0 saturated heterocycles. The summed E-state index contributed by atoms with van der Waals surface area (Å²) in [6.07, 6.45) is 2.17. The van der Waals surface area contributed by atoms with Gasteiger partial charge in [-0.3, -0.25) is 0 Å². The van der Waals surface area contributed by atoms with Gasteiger partial charge in [0.2, 0.25) is 0 Å². The molecule has 0 aliphatic carbocycles. The fourth-order valence-electron chi connectivity index (χ4n) is 0.874. The summed E-state index contributed by atoms with van der Waals surface area (Å²) < 4.78 is 1.25. The fraction of sp³-hybridized carbons (Fsp3) is 0.667. The van der Waals surface area contributed by atoms with Crippen LogP contribution in [-0.2, 0) is 0 Å². The summed E-state index contributed by atoms with van der Waals surface area (Å²) in [6.45, 7) is 10.7.